The number of carbonyl (C=O) groups is 2. The molecule has 0 unspecified atom stereocenters. The Morgan fingerprint density at radius 1 is 1.07 bits per heavy atom. The molecule has 0 bridgehead atoms. The summed E-state index contributed by atoms with van der Waals surface area (Å²) in [6.07, 6.45) is -2.16. The fourth-order valence-electron chi connectivity index (χ4n) is 4.85. The Bertz CT molecular complexity index is 1860. The molecule has 0 saturated carbocycles. The minimum atomic E-state index is -4.83. The molecule has 2 N–H and O–H groups in total. The average molecular weight is 692 g/mol. The number of nitrogens with zero attached hydrogens (tertiary/aromatic N) is 5. The maximum atomic E-state index is 14.1. The normalized spacial score (nSPS) is 14.5. The Balaban J connectivity index is 1.54. The SMILES string of the molecule is CNC(=O)c1cnc(-n2c(N[Si](C)c3ccc(OC(F)(F)F)cc3)nc3c(c2=O)C[C@@H](C)N(C(=O)c2ccc(Cl)c(Cl)c2)C3)cn1. The number of hydrogen-bond acceptors (Lipinski definition) is 8. The Morgan fingerprint density at radius 3 is 2.39 bits per heavy atom. The lowest BCUT2D eigenvalue weighted by Crippen LogP contribution is -2.46. The third-order valence-electron chi connectivity index (χ3n) is 7.19. The lowest BCUT2D eigenvalue weighted by atomic mass is 9.98. The number of ether oxygens (including phenoxy) is 1. The summed E-state index contributed by atoms with van der Waals surface area (Å²) in [4.78, 5) is 57.6. The number of rotatable bonds is 7. The van der Waals surface area contributed by atoms with Crippen LogP contribution >= 0.6 is 23.2 Å². The fraction of sp³-hybridized carbons (Fsp3) is 0.241. The molecule has 1 atom stereocenters. The average Bonchev–Trinajstić information content (AvgIpc) is 3.01. The van der Waals surface area contributed by atoms with Gasteiger partial charge >= 0.3 is 6.36 Å². The van der Waals surface area contributed by atoms with E-state index in [9.17, 15) is 27.6 Å². The van der Waals surface area contributed by atoms with Gasteiger partial charge in [-0.2, -0.15) is 0 Å². The van der Waals surface area contributed by atoms with Gasteiger partial charge in [0, 0.05) is 24.2 Å². The molecule has 1 radical (unpaired) electrons. The van der Waals surface area contributed by atoms with Crippen LogP contribution < -0.4 is 25.8 Å². The van der Waals surface area contributed by atoms with Gasteiger partial charge in [-0.05, 0) is 55.4 Å². The van der Waals surface area contributed by atoms with Crippen LogP contribution in [0.15, 0.2) is 59.7 Å². The first-order valence-electron chi connectivity index (χ1n) is 13.7. The minimum absolute atomic E-state index is 0.0108. The number of alkyl halides is 3. The molecule has 0 fully saturated rings. The molecule has 2 aromatic carbocycles. The molecule has 0 saturated heterocycles. The summed E-state index contributed by atoms with van der Waals surface area (Å²) >= 11 is 12.2. The van der Waals surface area contributed by atoms with E-state index in [4.69, 9.17) is 28.2 Å². The molecular formula is C29H25Cl2F3N7O4Si. The number of fused-ring (bicyclic) bond motifs is 1. The second-order valence-corrected chi connectivity index (χ2v) is 13.2. The highest BCUT2D eigenvalue weighted by atomic mass is 35.5. The Hall–Kier alpha value is -4.47. The van der Waals surface area contributed by atoms with Crippen molar-refractivity contribution in [3.8, 4) is 11.6 Å². The summed E-state index contributed by atoms with van der Waals surface area (Å²) in [5.74, 6) is -1.00. The first-order valence-corrected chi connectivity index (χ1v) is 16.4. The predicted octanol–water partition coefficient (Wildman–Crippen LogP) is 4.11. The summed E-state index contributed by atoms with van der Waals surface area (Å²) in [5.41, 5.74) is 0.624. The van der Waals surface area contributed by atoms with Crippen molar-refractivity contribution in [2.24, 2.45) is 0 Å². The summed E-state index contributed by atoms with van der Waals surface area (Å²) in [6.45, 7) is 3.64. The fourth-order valence-corrected chi connectivity index (χ4v) is 6.46. The molecule has 1 aliphatic heterocycles. The summed E-state index contributed by atoms with van der Waals surface area (Å²) in [7, 11) is -0.351. The molecule has 17 heteroatoms. The number of hydrogen-bond donors (Lipinski definition) is 2. The van der Waals surface area contributed by atoms with Crippen molar-refractivity contribution in [2.45, 2.75) is 38.8 Å². The van der Waals surface area contributed by atoms with Crippen LogP contribution in [-0.2, 0) is 13.0 Å². The van der Waals surface area contributed by atoms with Crippen LogP contribution in [0.1, 0.15) is 39.0 Å². The minimum Gasteiger partial charge on any atom is -0.406 e. The smallest absolute Gasteiger partial charge is 0.406 e. The van der Waals surface area contributed by atoms with Gasteiger partial charge in [0.15, 0.2) is 5.82 Å². The zero-order valence-corrected chi connectivity index (χ0v) is 27.0. The molecule has 2 amide bonds. The Labute approximate surface area is 272 Å². The van der Waals surface area contributed by atoms with E-state index in [0.29, 0.717) is 27.0 Å². The number of benzene rings is 2. The van der Waals surface area contributed by atoms with Gasteiger partial charge in [-0.3, -0.25) is 14.4 Å². The standard InChI is InChI=1S/C29H25Cl2F3N7O4Si/c1-15-10-19-23(14-40(15)26(43)16-4-9-20(30)21(31)11-16)38-28(39-46(3)18-7-5-17(6-8-18)45-29(32,33)34)41(27(19)44)24-13-36-22(12-37-24)25(42)35-2/h4-9,11-13,15H,10,14H2,1-3H3,(H,35,42)(H,38,39)/t15-/m1/s1. The highest BCUT2D eigenvalue weighted by Gasteiger charge is 2.33. The number of halogens is 5. The first-order chi connectivity index (χ1) is 21.8. The van der Waals surface area contributed by atoms with Crippen LogP contribution in [0.5, 0.6) is 5.75 Å². The van der Waals surface area contributed by atoms with Gasteiger partial charge in [-0.1, -0.05) is 35.3 Å². The summed E-state index contributed by atoms with van der Waals surface area (Å²) in [5, 5.41) is 3.64. The highest BCUT2D eigenvalue weighted by Crippen LogP contribution is 2.27. The number of nitrogens with one attached hydrogen (secondary N) is 2. The zero-order chi connectivity index (χ0) is 33.3. The van der Waals surface area contributed by atoms with Crippen molar-refractivity contribution in [3.63, 3.8) is 0 Å². The third kappa shape index (κ3) is 7.00. The van der Waals surface area contributed by atoms with Crippen LogP contribution in [0, 0.1) is 0 Å². The molecule has 11 nitrogen and oxygen atoms in total. The van der Waals surface area contributed by atoms with E-state index in [2.05, 4.69) is 25.0 Å². The van der Waals surface area contributed by atoms with Gasteiger partial charge in [-0.25, -0.2) is 19.5 Å². The molecule has 0 aliphatic carbocycles. The molecule has 0 spiro atoms. The van der Waals surface area contributed by atoms with Gasteiger partial charge in [0.25, 0.3) is 17.4 Å². The van der Waals surface area contributed by atoms with Gasteiger partial charge in [-0.15, -0.1) is 13.2 Å². The Morgan fingerprint density at radius 2 is 1.78 bits per heavy atom. The number of carbonyl (C=O) groups excluding carboxylic acids is 2. The van der Waals surface area contributed by atoms with Crippen LogP contribution in [0.25, 0.3) is 5.82 Å². The molecule has 2 aromatic heterocycles. The van der Waals surface area contributed by atoms with Crippen molar-refractivity contribution in [1.82, 2.24) is 29.7 Å². The van der Waals surface area contributed by atoms with Gasteiger partial charge in [0.05, 0.1) is 34.7 Å². The van der Waals surface area contributed by atoms with Gasteiger partial charge in [0.1, 0.15) is 11.4 Å². The molecule has 3 heterocycles. The van der Waals surface area contributed by atoms with E-state index < -0.39 is 26.8 Å². The van der Waals surface area contributed by atoms with Gasteiger partial charge in [0.2, 0.25) is 14.9 Å². The second kappa shape index (κ2) is 13.1. The van der Waals surface area contributed by atoms with Crippen LogP contribution in [0.4, 0.5) is 19.1 Å². The van der Waals surface area contributed by atoms with E-state index in [1.54, 1.807) is 11.0 Å². The highest BCUT2D eigenvalue weighted by molar-refractivity contribution is 6.74. The van der Waals surface area contributed by atoms with Crippen molar-refractivity contribution in [3.05, 3.63) is 97.8 Å². The number of anilines is 1. The largest absolute Gasteiger partial charge is 0.573 e. The molecular weight excluding hydrogens is 666 g/mol. The van der Waals surface area contributed by atoms with Crippen LogP contribution in [-0.4, -0.2) is 64.6 Å². The molecule has 46 heavy (non-hydrogen) atoms. The van der Waals surface area contributed by atoms with E-state index in [1.165, 1.54) is 60.4 Å². The molecule has 5 rings (SSSR count). The second-order valence-electron chi connectivity index (χ2n) is 10.3. The Kier molecular flexibility index (Phi) is 9.37. The summed E-state index contributed by atoms with van der Waals surface area (Å²) < 4.78 is 43.2. The van der Waals surface area contributed by atoms with Crippen LogP contribution in [0.3, 0.4) is 0 Å². The van der Waals surface area contributed by atoms with E-state index in [-0.39, 0.29) is 53.1 Å². The van der Waals surface area contributed by atoms with Crippen molar-refractivity contribution < 1.29 is 27.5 Å². The van der Waals surface area contributed by atoms with Crippen LogP contribution in [0.2, 0.25) is 16.6 Å². The topological polar surface area (TPSA) is 131 Å². The molecule has 4 aromatic rings. The number of amides is 2. The number of aromatic nitrogens is 4. The van der Waals surface area contributed by atoms with Crippen molar-refractivity contribution >= 4 is 55.1 Å². The van der Waals surface area contributed by atoms with Crippen molar-refractivity contribution in [2.75, 3.05) is 12.0 Å². The zero-order valence-electron chi connectivity index (χ0n) is 24.4. The lowest BCUT2D eigenvalue weighted by molar-refractivity contribution is -0.274. The third-order valence-corrected chi connectivity index (χ3v) is 9.73. The first kappa shape index (κ1) is 32.9. The summed E-state index contributed by atoms with van der Waals surface area (Å²) in [6, 6.07) is 9.55. The van der Waals surface area contributed by atoms with E-state index in [0.717, 1.165) is 0 Å². The molecule has 239 valence electrons. The monoisotopic (exact) mass is 690 g/mol. The molecule has 1 aliphatic rings. The predicted molar refractivity (Wildman–Crippen MR) is 166 cm³/mol. The van der Waals surface area contributed by atoms with E-state index in [1.807, 2.05) is 13.5 Å². The van der Waals surface area contributed by atoms with Crippen molar-refractivity contribution in [1.29, 1.82) is 0 Å². The van der Waals surface area contributed by atoms with E-state index >= 15 is 0 Å². The maximum absolute atomic E-state index is 14.1. The lowest BCUT2D eigenvalue weighted by Gasteiger charge is -2.34. The maximum Gasteiger partial charge on any atom is 0.573 e. The quantitative estimate of drug-likeness (QED) is 0.277. The van der Waals surface area contributed by atoms with Gasteiger partial charge < -0.3 is 19.9 Å².